The second kappa shape index (κ2) is 7.84. The van der Waals surface area contributed by atoms with Crippen LogP contribution in [0.15, 0.2) is 53.3 Å². The number of likely N-dealkylation sites (tertiary alicyclic amines) is 1. The Morgan fingerprint density at radius 2 is 1.78 bits per heavy atom. The van der Waals surface area contributed by atoms with E-state index in [9.17, 15) is 9.90 Å². The zero-order valence-corrected chi connectivity index (χ0v) is 15.0. The molecule has 3 N–H and O–H groups in total. The molecular formula is C20H24N4O2S. The Hall–Kier alpha value is -2.80. The molecule has 1 saturated heterocycles. The molecule has 3 aromatic rings. The third-order valence-corrected chi connectivity index (χ3v) is 5.25. The van der Waals surface area contributed by atoms with Crippen molar-refractivity contribution in [3.63, 3.8) is 0 Å². The quantitative estimate of drug-likeness (QED) is 0.464. The molecule has 27 heavy (non-hydrogen) atoms. The predicted molar refractivity (Wildman–Crippen MR) is 113 cm³/mol. The first-order valence-corrected chi connectivity index (χ1v) is 9.07. The zero-order valence-electron chi connectivity index (χ0n) is 14.2. The topological polar surface area (TPSA) is 73.3 Å². The van der Waals surface area contributed by atoms with Crippen LogP contribution in [0.3, 0.4) is 0 Å². The second-order valence-corrected chi connectivity index (χ2v) is 6.87. The average molecular weight is 385 g/mol. The summed E-state index contributed by atoms with van der Waals surface area (Å²) in [5.41, 5.74) is 2.37. The summed E-state index contributed by atoms with van der Waals surface area (Å²) in [5.74, 6) is 0.176. The van der Waals surface area contributed by atoms with Gasteiger partial charge >= 0.3 is 5.69 Å². The van der Waals surface area contributed by atoms with Crippen molar-refractivity contribution in [3.8, 4) is 5.75 Å². The molecule has 7 heteroatoms. The van der Waals surface area contributed by atoms with Gasteiger partial charge in [0.2, 0.25) is 0 Å². The molecule has 0 atom stereocenters. The summed E-state index contributed by atoms with van der Waals surface area (Å²) in [4.78, 5) is 17.4. The molecule has 1 aromatic heterocycles. The Morgan fingerprint density at radius 3 is 2.52 bits per heavy atom. The largest absolute Gasteiger partial charge is 0.506 e. The molecular weight excluding hydrogens is 360 g/mol. The van der Waals surface area contributed by atoms with Gasteiger partial charge in [-0.2, -0.15) is 0 Å². The fraction of sp³-hybridized carbons (Fsp3) is 0.300. The maximum atomic E-state index is 12.4. The first-order valence-electron chi connectivity index (χ1n) is 8.66. The number of imidazole rings is 1. The molecule has 0 bridgehead atoms. The zero-order chi connectivity index (χ0) is 18.1. The number of anilines is 1. The Kier molecular flexibility index (Phi) is 5.51. The highest BCUT2D eigenvalue weighted by molar-refractivity contribution is 7.80. The van der Waals surface area contributed by atoms with Crippen LogP contribution >= 0.6 is 12.2 Å². The summed E-state index contributed by atoms with van der Waals surface area (Å²) in [6, 6.07) is 15.0. The monoisotopic (exact) mass is 384 g/mol. The molecule has 1 aliphatic rings. The van der Waals surface area contributed by atoms with Crippen LogP contribution < -0.4 is 11.0 Å². The molecule has 2 aromatic carbocycles. The van der Waals surface area contributed by atoms with Crippen molar-refractivity contribution in [1.29, 1.82) is 0 Å². The summed E-state index contributed by atoms with van der Waals surface area (Å²) in [6.07, 6.45) is 1.68. The highest BCUT2D eigenvalue weighted by Gasteiger charge is 2.24. The van der Waals surface area contributed by atoms with Crippen LogP contribution in [0.5, 0.6) is 5.75 Å². The number of aromatic amines is 1. The fourth-order valence-corrected chi connectivity index (χ4v) is 3.83. The number of phenolic OH excluding ortho intramolecular Hbond substituents is 1. The van der Waals surface area contributed by atoms with Gasteiger partial charge in [-0.05, 0) is 49.3 Å². The van der Waals surface area contributed by atoms with E-state index in [2.05, 4.69) is 15.2 Å². The highest BCUT2D eigenvalue weighted by Crippen LogP contribution is 2.26. The SMILES string of the molecule is C.O=c1[nH]c2ccccc2n1C1CCN(C(=S)Nc2ccccc2O)CC1. The molecule has 4 rings (SSSR count). The maximum absolute atomic E-state index is 12.4. The molecule has 0 unspecified atom stereocenters. The molecule has 142 valence electrons. The number of H-pyrrole nitrogens is 1. The van der Waals surface area contributed by atoms with Gasteiger partial charge in [0.05, 0.1) is 16.7 Å². The number of thiocarbonyl (C=S) groups is 1. The van der Waals surface area contributed by atoms with E-state index in [1.807, 2.05) is 34.9 Å². The number of aromatic hydroxyl groups is 1. The second-order valence-electron chi connectivity index (χ2n) is 6.48. The first kappa shape index (κ1) is 19.0. The standard InChI is InChI=1S/C19H20N4O2S.CH4/c24-17-8-4-2-6-15(17)21-19(26)22-11-9-13(10-12-22)23-16-7-3-1-5-14(16)20-18(23)25;/h1-8,13,24H,9-12H2,(H,20,25)(H,21,26);1H4. The number of aromatic nitrogens is 2. The lowest BCUT2D eigenvalue weighted by Crippen LogP contribution is -2.42. The number of phenols is 1. The summed E-state index contributed by atoms with van der Waals surface area (Å²) < 4.78 is 1.87. The third kappa shape index (κ3) is 3.68. The molecule has 0 saturated carbocycles. The Morgan fingerprint density at radius 1 is 1.11 bits per heavy atom. The van der Waals surface area contributed by atoms with Crippen LogP contribution in [-0.2, 0) is 0 Å². The number of nitrogens with one attached hydrogen (secondary N) is 2. The summed E-state index contributed by atoms with van der Waals surface area (Å²) in [7, 11) is 0. The van der Waals surface area contributed by atoms with Crippen molar-refractivity contribution in [3.05, 3.63) is 59.0 Å². The van der Waals surface area contributed by atoms with Gasteiger partial charge in [-0.15, -0.1) is 0 Å². The van der Waals surface area contributed by atoms with Crippen molar-refractivity contribution in [2.24, 2.45) is 0 Å². The summed E-state index contributed by atoms with van der Waals surface area (Å²) >= 11 is 5.49. The van der Waals surface area contributed by atoms with E-state index >= 15 is 0 Å². The molecule has 6 nitrogen and oxygen atoms in total. The maximum Gasteiger partial charge on any atom is 0.326 e. The number of nitrogens with zero attached hydrogens (tertiary/aromatic N) is 2. The smallest absolute Gasteiger partial charge is 0.326 e. The molecule has 0 spiro atoms. The van der Waals surface area contributed by atoms with E-state index in [0.717, 1.165) is 37.0 Å². The van der Waals surface area contributed by atoms with Crippen LogP contribution in [0.25, 0.3) is 11.0 Å². The third-order valence-electron chi connectivity index (χ3n) is 4.89. The van der Waals surface area contributed by atoms with E-state index < -0.39 is 0 Å². The summed E-state index contributed by atoms with van der Waals surface area (Å²) in [6.45, 7) is 1.52. The minimum Gasteiger partial charge on any atom is -0.506 e. The number of piperidine rings is 1. The van der Waals surface area contributed by atoms with Crippen LogP contribution in [0.1, 0.15) is 26.3 Å². The van der Waals surface area contributed by atoms with Gasteiger partial charge in [0, 0.05) is 19.1 Å². The predicted octanol–water partition coefficient (Wildman–Crippen LogP) is 3.71. The number of benzene rings is 2. The van der Waals surface area contributed by atoms with Gasteiger partial charge in [0.15, 0.2) is 5.11 Å². The molecule has 0 aliphatic carbocycles. The normalized spacial score (nSPS) is 14.7. The molecule has 1 fully saturated rings. The molecule has 0 amide bonds. The van der Waals surface area contributed by atoms with Crippen molar-refractivity contribution in [1.82, 2.24) is 14.5 Å². The van der Waals surface area contributed by atoms with Gasteiger partial charge in [0.1, 0.15) is 5.75 Å². The van der Waals surface area contributed by atoms with E-state index in [4.69, 9.17) is 12.2 Å². The Labute approximate surface area is 163 Å². The van der Waals surface area contributed by atoms with Crippen molar-refractivity contribution < 1.29 is 5.11 Å². The van der Waals surface area contributed by atoms with Crippen LogP contribution in [0.2, 0.25) is 0 Å². The van der Waals surface area contributed by atoms with Crippen molar-refractivity contribution >= 4 is 34.1 Å². The minimum absolute atomic E-state index is 0. The van der Waals surface area contributed by atoms with Crippen molar-refractivity contribution in [2.45, 2.75) is 26.3 Å². The van der Waals surface area contributed by atoms with E-state index in [1.165, 1.54) is 0 Å². The highest BCUT2D eigenvalue weighted by atomic mass is 32.1. The van der Waals surface area contributed by atoms with Crippen LogP contribution in [-0.4, -0.2) is 37.8 Å². The molecule has 1 aliphatic heterocycles. The first-order chi connectivity index (χ1) is 12.6. The van der Waals surface area contributed by atoms with Crippen LogP contribution in [0, 0.1) is 0 Å². The van der Waals surface area contributed by atoms with E-state index in [1.54, 1.807) is 18.2 Å². The van der Waals surface area contributed by atoms with E-state index in [0.29, 0.717) is 10.8 Å². The lowest BCUT2D eigenvalue weighted by molar-refractivity contribution is 0.269. The lowest BCUT2D eigenvalue weighted by Gasteiger charge is -2.34. The Bertz CT molecular complexity index is 1000. The minimum atomic E-state index is -0.0560. The number of fused-ring (bicyclic) bond motifs is 1. The van der Waals surface area contributed by atoms with Gasteiger partial charge in [-0.3, -0.25) is 4.57 Å². The molecule has 2 heterocycles. The number of rotatable bonds is 2. The lowest BCUT2D eigenvalue weighted by atomic mass is 10.0. The Balaban J connectivity index is 0.00000210. The van der Waals surface area contributed by atoms with Gasteiger partial charge in [-0.1, -0.05) is 31.7 Å². The van der Waals surface area contributed by atoms with Gasteiger partial charge in [0.25, 0.3) is 0 Å². The number of para-hydroxylation sites is 4. The van der Waals surface area contributed by atoms with Gasteiger partial charge < -0.3 is 20.3 Å². The fourth-order valence-electron chi connectivity index (χ4n) is 3.54. The van der Waals surface area contributed by atoms with Crippen molar-refractivity contribution in [2.75, 3.05) is 18.4 Å². The average Bonchev–Trinajstić information content (AvgIpc) is 2.99. The molecule has 0 radical (unpaired) electrons. The number of hydrogen-bond acceptors (Lipinski definition) is 3. The van der Waals surface area contributed by atoms with Crippen LogP contribution in [0.4, 0.5) is 5.69 Å². The van der Waals surface area contributed by atoms with E-state index in [-0.39, 0.29) is 24.9 Å². The number of hydrogen-bond donors (Lipinski definition) is 3. The summed E-state index contributed by atoms with van der Waals surface area (Å²) in [5, 5.41) is 13.6. The van der Waals surface area contributed by atoms with Gasteiger partial charge in [-0.25, -0.2) is 4.79 Å².